The molecule has 4 aromatic rings. The number of hydrogen-bond acceptors (Lipinski definition) is 5. The lowest BCUT2D eigenvalue weighted by atomic mass is 9.93. The maximum atomic E-state index is 6.24. The first-order chi connectivity index (χ1) is 16.3. The Hall–Kier alpha value is -3.22. The molecule has 0 bridgehead atoms. The van der Waals surface area contributed by atoms with Gasteiger partial charge in [0.05, 0.1) is 29.4 Å². The minimum Gasteiger partial charge on any atom is -0.497 e. The summed E-state index contributed by atoms with van der Waals surface area (Å²) in [5.74, 6) is 3.15. The maximum Gasteiger partial charge on any atom is 0.188 e. The van der Waals surface area contributed by atoms with Crippen LogP contribution in [0.5, 0.6) is 23.0 Å². The van der Waals surface area contributed by atoms with Gasteiger partial charge in [0, 0.05) is 23.2 Å². The van der Waals surface area contributed by atoms with Gasteiger partial charge in [-0.25, -0.2) is 0 Å². The van der Waals surface area contributed by atoms with Crippen LogP contribution in [0.15, 0.2) is 54.6 Å². The average Bonchev–Trinajstić information content (AvgIpc) is 2.84. The molecule has 0 aliphatic carbocycles. The number of fused-ring (bicyclic) bond motifs is 3. The molecule has 0 aliphatic rings. The molecule has 0 saturated carbocycles. The van der Waals surface area contributed by atoms with Gasteiger partial charge in [-0.05, 0) is 52.1 Å². The second-order valence-corrected chi connectivity index (χ2v) is 14.2. The van der Waals surface area contributed by atoms with E-state index in [9.17, 15) is 0 Å². The Morgan fingerprint density at radius 3 is 1.88 bits per heavy atom. The number of ether oxygens (including phenoxy) is 5. The molecule has 4 rings (SSSR count). The molecule has 34 heavy (non-hydrogen) atoms. The van der Waals surface area contributed by atoms with E-state index in [1.165, 1.54) is 0 Å². The van der Waals surface area contributed by atoms with Gasteiger partial charge in [0.2, 0.25) is 0 Å². The lowest BCUT2D eigenvalue weighted by Crippen LogP contribution is -2.40. The van der Waals surface area contributed by atoms with E-state index in [0.717, 1.165) is 60.9 Å². The van der Waals surface area contributed by atoms with E-state index in [2.05, 4.69) is 68.2 Å². The molecular weight excluding hydrogens is 444 g/mol. The Morgan fingerprint density at radius 2 is 1.24 bits per heavy atom. The molecule has 6 heteroatoms. The Bertz CT molecular complexity index is 1340. The summed E-state index contributed by atoms with van der Waals surface area (Å²) in [6, 6.07) is 18.8. The number of methoxy groups -OCH3 is 4. The van der Waals surface area contributed by atoms with Gasteiger partial charge in [0.1, 0.15) is 11.5 Å². The van der Waals surface area contributed by atoms with E-state index in [1.54, 1.807) is 28.4 Å². The van der Waals surface area contributed by atoms with Gasteiger partial charge >= 0.3 is 0 Å². The standard InChI is InChI=1S/C28H32O5Si/c1-29-17-33-27-23(14-16-25(31-3)28(27)34(5,6)7)19-10-8-9-18-20(19)11-12-22-21(18)13-15-24(30-2)26(22)32-4/h8-16H,17H2,1-7H3. The minimum absolute atomic E-state index is 0.169. The van der Waals surface area contributed by atoms with Gasteiger partial charge in [-0.1, -0.05) is 43.9 Å². The zero-order chi connectivity index (χ0) is 24.5. The third kappa shape index (κ3) is 4.08. The summed E-state index contributed by atoms with van der Waals surface area (Å²) in [7, 11) is 4.85. The van der Waals surface area contributed by atoms with Crippen LogP contribution >= 0.6 is 0 Å². The largest absolute Gasteiger partial charge is 0.497 e. The molecule has 0 fully saturated rings. The molecule has 5 nitrogen and oxygen atoms in total. The fourth-order valence-corrected chi connectivity index (χ4v) is 6.47. The molecule has 0 saturated heterocycles. The predicted molar refractivity (Wildman–Crippen MR) is 142 cm³/mol. The van der Waals surface area contributed by atoms with Crippen molar-refractivity contribution in [3.05, 3.63) is 54.6 Å². The Kier molecular flexibility index (Phi) is 6.73. The van der Waals surface area contributed by atoms with Crippen LogP contribution in [0.1, 0.15) is 0 Å². The summed E-state index contributed by atoms with van der Waals surface area (Å²) in [5.41, 5.74) is 2.13. The highest BCUT2D eigenvalue weighted by atomic mass is 28.3. The smallest absolute Gasteiger partial charge is 0.188 e. The molecule has 0 spiro atoms. The zero-order valence-electron chi connectivity index (χ0n) is 20.9. The minimum atomic E-state index is -1.83. The summed E-state index contributed by atoms with van der Waals surface area (Å²) in [4.78, 5) is 0. The number of rotatable bonds is 8. The second kappa shape index (κ2) is 9.56. The average molecular weight is 477 g/mol. The molecule has 0 atom stereocenters. The lowest BCUT2D eigenvalue weighted by Gasteiger charge is -2.26. The first-order valence-corrected chi connectivity index (χ1v) is 14.8. The fourth-order valence-electron chi connectivity index (χ4n) is 4.66. The van der Waals surface area contributed by atoms with Crippen LogP contribution in [0.25, 0.3) is 32.7 Å². The quantitative estimate of drug-likeness (QED) is 0.172. The highest BCUT2D eigenvalue weighted by molar-refractivity contribution is 6.90. The monoisotopic (exact) mass is 476 g/mol. The van der Waals surface area contributed by atoms with E-state index in [1.807, 2.05) is 6.07 Å². The van der Waals surface area contributed by atoms with Gasteiger partial charge in [0.15, 0.2) is 18.3 Å². The van der Waals surface area contributed by atoms with Crippen molar-refractivity contribution in [3.8, 4) is 34.1 Å². The van der Waals surface area contributed by atoms with Crippen LogP contribution < -0.4 is 24.1 Å². The molecule has 0 radical (unpaired) electrons. The fraction of sp³-hybridized carbons (Fsp3) is 0.286. The predicted octanol–water partition coefficient (Wildman–Crippen LogP) is 6.21. The molecule has 0 N–H and O–H groups in total. The van der Waals surface area contributed by atoms with Crippen molar-refractivity contribution in [2.75, 3.05) is 35.2 Å². The van der Waals surface area contributed by atoms with Crippen molar-refractivity contribution in [2.24, 2.45) is 0 Å². The normalized spacial score (nSPS) is 11.6. The first-order valence-electron chi connectivity index (χ1n) is 11.3. The first kappa shape index (κ1) is 23.9. The molecule has 4 aromatic carbocycles. The highest BCUT2D eigenvalue weighted by Crippen LogP contribution is 2.42. The number of benzene rings is 4. The van der Waals surface area contributed by atoms with E-state index in [-0.39, 0.29) is 6.79 Å². The van der Waals surface area contributed by atoms with Crippen molar-refractivity contribution in [3.63, 3.8) is 0 Å². The van der Waals surface area contributed by atoms with Crippen molar-refractivity contribution < 1.29 is 23.7 Å². The van der Waals surface area contributed by atoms with E-state index in [4.69, 9.17) is 23.7 Å². The Morgan fingerprint density at radius 1 is 0.588 bits per heavy atom. The van der Waals surface area contributed by atoms with Crippen LogP contribution in [0.2, 0.25) is 19.6 Å². The van der Waals surface area contributed by atoms with E-state index >= 15 is 0 Å². The summed E-state index contributed by atoms with van der Waals surface area (Å²) >= 11 is 0. The molecular formula is C28H32O5Si. The van der Waals surface area contributed by atoms with Gasteiger partial charge in [-0.15, -0.1) is 0 Å². The topological polar surface area (TPSA) is 46.2 Å². The molecule has 0 aromatic heterocycles. The third-order valence-corrected chi connectivity index (χ3v) is 8.07. The van der Waals surface area contributed by atoms with Crippen LogP contribution in [-0.4, -0.2) is 43.3 Å². The van der Waals surface area contributed by atoms with Gasteiger partial charge in [0.25, 0.3) is 0 Å². The van der Waals surface area contributed by atoms with Crippen LogP contribution in [0.4, 0.5) is 0 Å². The van der Waals surface area contributed by atoms with Crippen molar-refractivity contribution in [1.29, 1.82) is 0 Å². The molecule has 0 unspecified atom stereocenters. The van der Waals surface area contributed by atoms with Crippen molar-refractivity contribution >= 4 is 34.8 Å². The van der Waals surface area contributed by atoms with Crippen LogP contribution in [0.3, 0.4) is 0 Å². The van der Waals surface area contributed by atoms with E-state index in [0.29, 0.717) is 0 Å². The Labute approximate surface area is 202 Å². The summed E-state index contributed by atoms with van der Waals surface area (Å²) in [6.45, 7) is 7.06. The van der Waals surface area contributed by atoms with Gasteiger partial charge in [-0.2, -0.15) is 0 Å². The number of hydrogen-bond donors (Lipinski definition) is 0. The summed E-state index contributed by atoms with van der Waals surface area (Å²) in [5, 5.41) is 5.54. The second-order valence-electron chi connectivity index (χ2n) is 9.18. The maximum absolute atomic E-state index is 6.24. The summed E-state index contributed by atoms with van der Waals surface area (Å²) in [6.07, 6.45) is 0. The van der Waals surface area contributed by atoms with Crippen molar-refractivity contribution in [2.45, 2.75) is 19.6 Å². The molecule has 0 amide bonds. The van der Waals surface area contributed by atoms with Gasteiger partial charge < -0.3 is 23.7 Å². The Balaban J connectivity index is 2.05. The van der Waals surface area contributed by atoms with Gasteiger partial charge in [-0.3, -0.25) is 0 Å². The summed E-state index contributed by atoms with van der Waals surface area (Å²) < 4.78 is 28.5. The zero-order valence-corrected chi connectivity index (χ0v) is 21.9. The van der Waals surface area contributed by atoms with Crippen LogP contribution in [-0.2, 0) is 4.74 Å². The van der Waals surface area contributed by atoms with E-state index < -0.39 is 8.07 Å². The van der Waals surface area contributed by atoms with Crippen molar-refractivity contribution in [1.82, 2.24) is 0 Å². The third-order valence-electron chi connectivity index (χ3n) is 6.10. The highest BCUT2D eigenvalue weighted by Gasteiger charge is 2.29. The molecule has 0 heterocycles. The SMILES string of the molecule is COCOc1c(-c2cccc3c2ccc2c(OC)c(OC)ccc23)ccc(OC)c1[Si](C)(C)C. The molecule has 0 aliphatic heterocycles. The lowest BCUT2D eigenvalue weighted by molar-refractivity contribution is 0.0521. The van der Waals surface area contributed by atoms with Crippen LogP contribution in [0, 0.1) is 0 Å². The molecule has 178 valence electrons.